The summed E-state index contributed by atoms with van der Waals surface area (Å²) in [5.41, 5.74) is 0. The number of nitrogens with zero attached hydrogens (tertiary/aromatic N) is 1. The number of amides is 2. The first-order valence-corrected chi connectivity index (χ1v) is 7.37. The first kappa shape index (κ1) is 14.2. The first-order chi connectivity index (χ1) is 9.08. The Morgan fingerprint density at radius 2 is 2.05 bits per heavy atom. The van der Waals surface area contributed by atoms with Crippen molar-refractivity contribution in [3.05, 3.63) is 0 Å². The average molecular weight is 268 g/mol. The molecule has 1 heterocycles. The maximum Gasteiger partial charge on any atom is 0.317 e. The highest BCUT2D eigenvalue weighted by Gasteiger charge is 2.32. The molecular weight excluding hydrogens is 244 g/mol. The highest BCUT2D eigenvalue weighted by molar-refractivity contribution is 5.75. The van der Waals surface area contributed by atoms with Crippen LogP contribution in [0.15, 0.2) is 0 Å². The number of piperidine rings is 1. The highest BCUT2D eigenvalue weighted by Crippen LogP contribution is 2.32. The number of aliphatic carboxylic acids is 1. The lowest BCUT2D eigenvalue weighted by Gasteiger charge is -2.36. The molecule has 2 aliphatic rings. The van der Waals surface area contributed by atoms with Crippen molar-refractivity contribution in [2.75, 3.05) is 6.54 Å². The summed E-state index contributed by atoms with van der Waals surface area (Å²) in [5.74, 6) is -0.136. The molecule has 108 valence electrons. The second-order valence-electron chi connectivity index (χ2n) is 5.85. The van der Waals surface area contributed by atoms with Crippen LogP contribution in [0.4, 0.5) is 4.79 Å². The molecule has 2 atom stereocenters. The zero-order valence-corrected chi connectivity index (χ0v) is 11.6. The van der Waals surface area contributed by atoms with E-state index in [1.807, 2.05) is 4.90 Å². The van der Waals surface area contributed by atoms with Gasteiger partial charge in [-0.15, -0.1) is 0 Å². The SMILES string of the molecule is CC(NC(=O)N1CCCCC1CCC(=O)O)C1CC1. The van der Waals surface area contributed by atoms with Gasteiger partial charge in [-0.3, -0.25) is 4.79 Å². The van der Waals surface area contributed by atoms with Crippen LogP contribution in [0, 0.1) is 5.92 Å². The van der Waals surface area contributed by atoms with Crippen molar-refractivity contribution in [3.8, 4) is 0 Å². The van der Waals surface area contributed by atoms with E-state index in [2.05, 4.69) is 12.2 Å². The first-order valence-electron chi connectivity index (χ1n) is 7.37. The van der Waals surface area contributed by atoms with Crippen LogP contribution in [-0.2, 0) is 4.79 Å². The molecule has 1 aliphatic carbocycles. The molecule has 0 aromatic rings. The van der Waals surface area contributed by atoms with E-state index in [9.17, 15) is 9.59 Å². The smallest absolute Gasteiger partial charge is 0.317 e. The van der Waals surface area contributed by atoms with Gasteiger partial charge in [0.1, 0.15) is 0 Å². The van der Waals surface area contributed by atoms with Crippen molar-refractivity contribution in [1.82, 2.24) is 10.2 Å². The summed E-state index contributed by atoms with van der Waals surface area (Å²) < 4.78 is 0. The molecular formula is C14H24N2O3. The van der Waals surface area contributed by atoms with E-state index in [0.717, 1.165) is 25.8 Å². The molecule has 2 N–H and O–H groups in total. The van der Waals surface area contributed by atoms with E-state index in [1.54, 1.807) is 0 Å². The van der Waals surface area contributed by atoms with Crippen LogP contribution in [0.3, 0.4) is 0 Å². The van der Waals surface area contributed by atoms with Gasteiger partial charge in [-0.25, -0.2) is 4.79 Å². The molecule has 1 saturated heterocycles. The van der Waals surface area contributed by atoms with Gasteiger partial charge in [0, 0.05) is 25.0 Å². The molecule has 1 saturated carbocycles. The summed E-state index contributed by atoms with van der Waals surface area (Å²) in [5, 5.41) is 11.8. The molecule has 2 rings (SSSR count). The minimum Gasteiger partial charge on any atom is -0.481 e. The summed E-state index contributed by atoms with van der Waals surface area (Å²) in [6, 6.07) is 0.334. The minimum absolute atomic E-state index is 0.00510. The predicted molar refractivity (Wildman–Crippen MR) is 71.9 cm³/mol. The van der Waals surface area contributed by atoms with Crippen LogP contribution < -0.4 is 5.32 Å². The van der Waals surface area contributed by atoms with Crippen LogP contribution in [0.25, 0.3) is 0 Å². The van der Waals surface area contributed by atoms with Crippen LogP contribution in [0.5, 0.6) is 0 Å². The van der Waals surface area contributed by atoms with Gasteiger partial charge in [0.05, 0.1) is 0 Å². The Bertz CT molecular complexity index is 342. The normalized spacial score (nSPS) is 24.9. The van der Waals surface area contributed by atoms with Gasteiger partial charge in [-0.05, 0) is 51.4 Å². The lowest BCUT2D eigenvalue weighted by atomic mass is 9.98. The number of hydrogen-bond acceptors (Lipinski definition) is 2. The Morgan fingerprint density at radius 3 is 2.68 bits per heavy atom. The fourth-order valence-corrected chi connectivity index (χ4v) is 2.85. The van der Waals surface area contributed by atoms with Crippen LogP contribution in [0.1, 0.15) is 51.9 Å². The Labute approximate surface area is 114 Å². The van der Waals surface area contributed by atoms with Gasteiger partial charge in [-0.1, -0.05) is 0 Å². The molecule has 5 nitrogen and oxygen atoms in total. The van der Waals surface area contributed by atoms with Crippen LogP contribution in [-0.4, -0.2) is 40.6 Å². The molecule has 5 heteroatoms. The van der Waals surface area contributed by atoms with Crippen LogP contribution in [0.2, 0.25) is 0 Å². The third kappa shape index (κ3) is 4.11. The van der Waals surface area contributed by atoms with E-state index in [0.29, 0.717) is 12.3 Å². The van der Waals surface area contributed by atoms with Gasteiger partial charge in [0.25, 0.3) is 0 Å². The standard InChI is InChI=1S/C14H24N2O3/c1-10(11-5-6-11)15-14(19)16-9-3-2-4-12(16)7-8-13(17)18/h10-12H,2-9H2,1H3,(H,15,19)(H,17,18). The fourth-order valence-electron chi connectivity index (χ4n) is 2.85. The maximum absolute atomic E-state index is 12.3. The summed E-state index contributed by atoms with van der Waals surface area (Å²) in [6.07, 6.45) is 6.18. The third-order valence-corrected chi connectivity index (χ3v) is 4.26. The van der Waals surface area contributed by atoms with Gasteiger partial charge < -0.3 is 15.3 Å². The van der Waals surface area contributed by atoms with E-state index in [1.165, 1.54) is 12.8 Å². The summed E-state index contributed by atoms with van der Waals surface area (Å²) in [6.45, 7) is 2.82. The maximum atomic E-state index is 12.3. The molecule has 2 amide bonds. The van der Waals surface area contributed by atoms with Crippen molar-refractivity contribution in [1.29, 1.82) is 0 Å². The second kappa shape index (κ2) is 6.26. The number of carbonyl (C=O) groups excluding carboxylic acids is 1. The lowest BCUT2D eigenvalue weighted by molar-refractivity contribution is -0.137. The minimum atomic E-state index is -0.780. The topological polar surface area (TPSA) is 69.6 Å². The number of carboxylic acid groups (broad SMARTS) is 1. The Hall–Kier alpha value is -1.26. The number of nitrogens with one attached hydrogen (secondary N) is 1. The van der Waals surface area contributed by atoms with Crippen LogP contribution >= 0.6 is 0 Å². The number of rotatable bonds is 5. The highest BCUT2D eigenvalue weighted by atomic mass is 16.4. The van der Waals surface area contributed by atoms with Gasteiger partial charge in [-0.2, -0.15) is 0 Å². The van der Waals surface area contributed by atoms with Gasteiger partial charge in [0.15, 0.2) is 0 Å². The van der Waals surface area contributed by atoms with Crippen molar-refractivity contribution in [3.63, 3.8) is 0 Å². The predicted octanol–water partition coefficient (Wildman–Crippen LogP) is 2.21. The fraction of sp³-hybridized carbons (Fsp3) is 0.857. The summed E-state index contributed by atoms with van der Waals surface area (Å²) in [7, 11) is 0. The summed E-state index contributed by atoms with van der Waals surface area (Å²) >= 11 is 0. The van der Waals surface area contributed by atoms with Crippen molar-refractivity contribution in [2.24, 2.45) is 5.92 Å². The zero-order chi connectivity index (χ0) is 13.8. The summed E-state index contributed by atoms with van der Waals surface area (Å²) in [4.78, 5) is 24.8. The molecule has 1 aliphatic heterocycles. The molecule has 0 bridgehead atoms. The van der Waals surface area contributed by atoms with E-state index >= 15 is 0 Å². The van der Waals surface area contributed by atoms with E-state index in [-0.39, 0.29) is 24.5 Å². The van der Waals surface area contributed by atoms with Gasteiger partial charge in [0.2, 0.25) is 0 Å². The largest absolute Gasteiger partial charge is 0.481 e. The average Bonchev–Trinajstić information content (AvgIpc) is 3.20. The molecule has 2 fully saturated rings. The van der Waals surface area contributed by atoms with E-state index in [4.69, 9.17) is 5.11 Å². The zero-order valence-electron chi connectivity index (χ0n) is 11.6. The number of urea groups is 1. The lowest BCUT2D eigenvalue weighted by Crippen LogP contribution is -2.51. The van der Waals surface area contributed by atoms with Crippen molar-refractivity contribution in [2.45, 2.75) is 64.0 Å². The second-order valence-corrected chi connectivity index (χ2v) is 5.85. The third-order valence-electron chi connectivity index (χ3n) is 4.26. The number of hydrogen-bond donors (Lipinski definition) is 2. The number of carboxylic acids is 1. The van der Waals surface area contributed by atoms with Crippen molar-refractivity contribution < 1.29 is 14.7 Å². The molecule has 0 radical (unpaired) electrons. The molecule has 0 aromatic carbocycles. The molecule has 19 heavy (non-hydrogen) atoms. The Kier molecular flexibility index (Phi) is 4.66. The molecule has 0 spiro atoms. The number of carbonyl (C=O) groups is 2. The monoisotopic (exact) mass is 268 g/mol. The number of likely N-dealkylation sites (tertiary alicyclic amines) is 1. The molecule has 0 aromatic heterocycles. The van der Waals surface area contributed by atoms with Crippen molar-refractivity contribution >= 4 is 12.0 Å². The van der Waals surface area contributed by atoms with Gasteiger partial charge >= 0.3 is 12.0 Å². The Morgan fingerprint density at radius 1 is 1.32 bits per heavy atom. The Balaban J connectivity index is 1.86. The quantitative estimate of drug-likeness (QED) is 0.803. The van der Waals surface area contributed by atoms with E-state index < -0.39 is 5.97 Å². The molecule has 2 unspecified atom stereocenters.